The Balaban J connectivity index is 1.15. The summed E-state index contributed by atoms with van der Waals surface area (Å²) in [5.74, 6) is 0.642. The molecule has 2 atom stereocenters. The number of benzene rings is 3. The monoisotopic (exact) mass is 623 g/mol. The zero-order chi connectivity index (χ0) is 30.5. The van der Waals surface area contributed by atoms with Crippen LogP contribution in [-0.4, -0.2) is 55.1 Å². The van der Waals surface area contributed by atoms with Gasteiger partial charge >= 0.3 is 0 Å². The molecule has 7 nitrogen and oxygen atoms in total. The van der Waals surface area contributed by atoms with Gasteiger partial charge in [-0.1, -0.05) is 41.4 Å². The second-order valence-electron chi connectivity index (χ2n) is 11.6. The van der Waals surface area contributed by atoms with Crippen molar-refractivity contribution in [3.63, 3.8) is 0 Å². The van der Waals surface area contributed by atoms with Crippen molar-refractivity contribution in [2.75, 3.05) is 26.3 Å². The normalized spacial score (nSPS) is 18.2. The summed E-state index contributed by atoms with van der Waals surface area (Å²) in [5.41, 5.74) is 5.09. The number of carbonyl (C=O) groups is 2. The van der Waals surface area contributed by atoms with Crippen LogP contribution >= 0.6 is 23.2 Å². The van der Waals surface area contributed by atoms with Crippen molar-refractivity contribution in [2.24, 2.45) is 5.92 Å². The molecule has 2 N–H and O–H groups in total. The van der Waals surface area contributed by atoms with Crippen molar-refractivity contribution in [1.29, 1.82) is 0 Å². The number of carbonyl (C=O) groups excluding carboxylic acids is 2. The highest BCUT2D eigenvalue weighted by molar-refractivity contribution is 6.37. The SMILES string of the molecule is Cc1cc(Cl)c(OCCOc2ccc(C(=O)N[C@H]3CCNCC3C(=O)N(Cc3ccc(C)c(C)c3)C3CC3)cc2)c(Cl)c1. The molecule has 2 amide bonds. The number of ether oxygens (including phenoxy) is 2. The first-order chi connectivity index (χ1) is 20.7. The lowest BCUT2D eigenvalue weighted by Crippen LogP contribution is -2.55. The molecule has 43 heavy (non-hydrogen) atoms. The molecule has 0 aromatic heterocycles. The second kappa shape index (κ2) is 14.0. The van der Waals surface area contributed by atoms with E-state index < -0.39 is 0 Å². The molecular formula is C34H39Cl2N3O4. The third-order valence-corrected chi connectivity index (χ3v) is 8.73. The number of amides is 2. The molecule has 1 aliphatic carbocycles. The zero-order valence-electron chi connectivity index (χ0n) is 24.9. The first-order valence-electron chi connectivity index (χ1n) is 14.9. The molecule has 0 spiro atoms. The first-order valence-corrected chi connectivity index (χ1v) is 15.6. The fourth-order valence-corrected chi connectivity index (χ4v) is 6.16. The predicted molar refractivity (Wildman–Crippen MR) is 170 cm³/mol. The summed E-state index contributed by atoms with van der Waals surface area (Å²) in [4.78, 5) is 29.1. The number of nitrogens with zero attached hydrogens (tertiary/aromatic N) is 1. The van der Waals surface area contributed by atoms with Gasteiger partial charge in [-0.05, 0) is 105 Å². The van der Waals surface area contributed by atoms with E-state index >= 15 is 0 Å². The van der Waals surface area contributed by atoms with Gasteiger partial charge in [-0.25, -0.2) is 0 Å². The van der Waals surface area contributed by atoms with E-state index in [4.69, 9.17) is 32.7 Å². The van der Waals surface area contributed by atoms with E-state index in [2.05, 4.69) is 42.7 Å². The number of piperidine rings is 1. The third kappa shape index (κ3) is 8.02. The van der Waals surface area contributed by atoms with Crippen LogP contribution in [0.15, 0.2) is 54.6 Å². The van der Waals surface area contributed by atoms with Crippen LogP contribution in [0.2, 0.25) is 10.0 Å². The molecule has 5 rings (SSSR count). The Labute approximate surface area is 263 Å². The van der Waals surface area contributed by atoms with Crippen molar-refractivity contribution < 1.29 is 19.1 Å². The van der Waals surface area contributed by atoms with Crippen LogP contribution in [0.3, 0.4) is 0 Å². The van der Waals surface area contributed by atoms with Crippen molar-refractivity contribution in [3.8, 4) is 11.5 Å². The lowest BCUT2D eigenvalue weighted by Gasteiger charge is -2.36. The fraction of sp³-hybridized carbons (Fsp3) is 0.412. The zero-order valence-corrected chi connectivity index (χ0v) is 26.4. The molecule has 1 unspecified atom stereocenters. The molecule has 1 aliphatic heterocycles. The molecule has 9 heteroatoms. The van der Waals surface area contributed by atoms with Crippen LogP contribution in [0, 0.1) is 26.7 Å². The van der Waals surface area contributed by atoms with Crippen molar-refractivity contribution in [3.05, 3.63) is 92.5 Å². The van der Waals surface area contributed by atoms with E-state index in [1.54, 1.807) is 36.4 Å². The Kier molecular flexibility index (Phi) is 10.2. The third-order valence-electron chi connectivity index (χ3n) is 8.17. The molecule has 1 heterocycles. The fourth-order valence-electron chi connectivity index (χ4n) is 5.46. The summed E-state index contributed by atoms with van der Waals surface area (Å²) in [6, 6.07) is 17.0. The smallest absolute Gasteiger partial charge is 0.251 e. The summed E-state index contributed by atoms with van der Waals surface area (Å²) in [6.07, 6.45) is 2.75. The van der Waals surface area contributed by atoms with Crippen LogP contribution in [-0.2, 0) is 11.3 Å². The van der Waals surface area contributed by atoms with Gasteiger partial charge in [0, 0.05) is 30.7 Å². The van der Waals surface area contributed by atoms with E-state index in [1.807, 2.05) is 11.8 Å². The number of hydrogen-bond acceptors (Lipinski definition) is 5. The van der Waals surface area contributed by atoms with E-state index in [0.717, 1.165) is 30.5 Å². The molecule has 0 bridgehead atoms. The first kappa shape index (κ1) is 31.2. The average molecular weight is 625 g/mol. The average Bonchev–Trinajstić information content (AvgIpc) is 3.82. The topological polar surface area (TPSA) is 79.9 Å². The molecule has 228 valence electrons. The summed E-state index contributed by atoms with van der Waals surface area (Å²) < 4.78 is 11.5. The largest absolute Gasteiger partial charge is 0.490 e. The molecule has 1 saturated heterocycles. The quantitative estimate of drug-likeness (QED) is 0.246. The van der Waals surface area contributed by atoms with Gasteiger partial charge in [-0.2, -0.15) is 0 Å². The van der Waals surface area contributed by atoms with Crippen LogP contribution in [0.1, 0.15) is 51.9 Å². The van der Waals surface area contributed by atoms with E-state index in [9.17, 15) is 9.59 Å². The van der Waals surface area contributed by atoms with Crippen LogP contribution in [0.4, 0.5) is 0 Å². The van der Waals surface area contributed by atoms with E-state index in [0.29, 0.717) is 46.6 Å². The van der Waals surface area contributed by atoms with Gasteiger partial charge in [0.05, 0.1) is 16.0 Å². The summed E-state index contributed by atoms with van der Waals surface area (Å²) in [6.45, 7) is 8.56. The second-order valence-corrected chi connectivity index (χ2v) is 12.4. The molecular weight excluding hydrogens is 585 g/mol. The molecule has 3 aromatic carbocycles. The van der Waals surface area contributed by atoms with Crippen molar-refractivity contribution in [1.82, 2.24) is 15.5 Å². The standard InChI is InChI=1S/C34H39Cl2N3O4/c1-21-16-29(35)32(30(36)17-21)43-15-14-42-27-10-6-25(7-11-27)33(40)38-31-12-13-37-19-28(31)34(41)39(26-8-9-26)20-24-5-4-22(2)23(3)18-24/h4-7,10-11,16-18,26,28,31,37H,8-9,12-15,19-20H2,1-3H3,(H,38,40)/t28?,31-/m0/s1. The Morgan fingerprint density at radius 1 is 0.907 bits per heavy atom. The number of aryl methyl sites for hydroxylation is 3. The minimum atomic E-state index is -0.317. The molecule has 3 aromatic rings. The maximum atomic E-state index is 13.9. The lowest BCUT2D eigenvalue weighted by atomic mass is 9.91. The van der Waals surface area contributed by atoms with Gasteiger partial charge in [-0.15, -0.1) is 0 Å². The summed E-state index contributed by atoms with van der Waals surface area (Å²) in [5, 5.41) is 7.43. The van der Waals surface area contributed by atoms with Crippen molar-refractivity contribution in [2.45, 2.75) is 58.7 Å². The van der Waals surface area contributed by atoms with Gasteiger partial charge < -0.3 is 25.0 Å². The van der Waals surface area contributed by atoms with Crippen LogP contribution < -0.4 is 20.1 Å². The van der Waals surface area contributed by atoms with Gasteiger partial charge in [0.15, 0.2) is 5.75 Å². The van der Waals surface area contributed by atoms with Gasteiger partial charge in [0.25, 0.3) is 5.91 Å². The molecule has 0 radical (unpaired) electrons. The number of nitrogens with one attached hydrogen (secondary N) is 2. The van der Waals surface area contributed by atoms with Gasteiger partial charge in [0.2, 0.25) is 5.91 Å². The lowest BCUT2D eigenvalue weighted by molar-refractivity contribution is -0.138. The summed E-state index contributed by atoms with van der Waals surface area (Å²) >= 11 is 12.5. The Morgan fingerprint density at radius 2 is 1.60 bits per heavy atom. The number of halogens is 2. The number of hydrogen-bond donors (Lipinski definition) is 2. The van der Waals surface area contributed by atoms with Gasteiger partial charge in [-0.3, -0.25) is 9.59 Å². The van der Waals surface area contributed by atoms with Crippen LogP contribution in [0.5, 0.6) is 11.5 Å². The minimum Gasteiger partial charge on any atom is -0.490 e. The Hall–Kier alpha value is -3.26. The number of rotatable bonds is 11. The minimum absolute atomic E-state index is 0.109. The highest BCUT2D eigenvalue weighted by Crippen LogP contribution is 2.34. The molecule has 2 aliphatic rings. The van der Waals surface area contributed by atoms with Crippen LogP contribution in [0.25, 0.3) is 0 Å². The highest BCUT2D eigenvalue weighted by atomic mass is 35.5. The predicted octanol–water partition coefficient (Wildman–Crippen LogP) is 6.28. The maximum Gasteiger partial charge on any atom is 0.251 e. The Bertz CT molecular complexity index is 1440. The van der Waals surface area contributed by atoms with Gasteiger partial charge in [0.1, 0.15) is 19.0 Å². The Morgan fingerprint density at radius 3 is 2.28 bits per heavy atom. The molecule has 2 fully saturated rings. The molecule has 1 saturated carbocycles. The highest BCUT2D eigenvalue weighted by Gasteiger charge is 2.40. The van der Waals surface area contributed by atoms with Crippen molar-refractivity contribution >= 4 is 35.0 Å². The summed E-state index contributed by atoms with van der Waals surface area (Å²) in [7, 11) is 0. The van der Waals surface area contributed by atoms with E-state index in [1.165, 1.54) is 11.1 Å². The van der Waals surface area contributed by atoms with E-state index in [-0.39, 0.29) is 43.0 Å². The maximum absolute atomic E-state index is 13.9.